The van der Waals surface area contributed by atoms with Crippen LogP contribution in [0.5, 0.6) is 5.88 Å². The molecule has 9 heteroatoms. The molecular weight excluding hydrogens is 325 g/mol. The fourth-order valence-corrected chi connectivity index (χ4v) is 1.93. The van der Waals surface area contributed by atoms with E-state index in [0.717, 1.165) is 12.1 Å². The van der Waals surface area contributed by atoms with Crippen molar-refractivity contribution in [2.24, 2.45) is 0 Å². The quantitative estimate of drug-likeness (QED) is 0.805. The molecule has 0 aromatic carbocycles. The molecule has 24 heavy (non-hydrogen) atoms. The van der Waals surface area contributed by atoms with E-state index in [1.165, 1.54) is 6.20 Å². The highest BCUT2D eigenvalue weighted by Gasteiger charge is 2.34. The summed E-state index contributed by atoms with van der Waals surface area (Å²) in [5.41, 5.74) is -1.21. The summed E-state index contributed by atoms with van der Waals surface area (Å²) in [6, 6.07) is 5.11. The molecular formula is C15H15F3N4O2. The largest absolute Gasteiger partial charge is 0.465 e. The lowest BCUT2D eigenvalue weighted by Gasteiger charge is -2.19. The van der Waals surface area contributed by atoms with E-state index in [0.29, 0.717) is 18.7 Å². The first-order valence-electron chi connectivity index (χ1n) is 7.01. The van der Waals surface area contributed by atoms with Crippen LogP contribution in [-0.2, 0) is 6.18 Å². The third kappa shape index (κ3) is 4.45. The van der Waals surface area contributed by atoms with Crippen molar-refractivity contribution in [3.8, 4) is 11.9 Å². The van der Waals surface area contributed by atoms with Crippen LogP contribution in [0.15, 0.2) is 28.9 Å². The molecule has 0 aliphatic carbocycles. The highest BCUT2D eigenvalue weighted by molar-refractivity contribution is 5.39. The average molecular weight is 340 g/mol. The summed E-state index contributed by atoms with van der Waals surface area (Å²) < 4.78 is 49.1. The highest BCUT2D eigenvalue weighted by Crippen LogP contribution is 2.32. The van der Waals surface area contributed by atoms with Crippen LogP contribution >= 0.6 is 0 Å². The Morgan fingerprint density at radius 2 is 2.08 bits per heavy atom. The fraction of sp³-hybridized carbons (Fsp3) is 0.400. The van der Waals surface area contributed by atoms with Gasteiger partial charge in [-0.05, 0) is 26.2 Å². The van der Waals surface area contributed by atoms with Gasteiger partial charge >= 0.3 is 6.18 Å². The Morgan fingerprint density at radius 3 is 2.62 bits per heavy atom. The lowest BCUT2D eigenvalue weighted by molar-refractivity contribution is -0.141. The van der Waals surface area contributed by atoms with E-state index in [4.69, 9.17) is 14.5 Å². The van der Waals surface area contributed by atoms with Gasteiger partial charge in [0, 0.05) is 19.0 Å². The summed E-state index contributed by atoms with van der Waals surface area (Å²) in [5.74, 6) is -0.0348. The van der Waals surface area contributed by atoms with Crippen molar-refractivity contribution in [1.29, 1.82) is 5.26 Å². The minimum absolute atomic E-state index is 0.0858. The summed E-state index contributed by atoms with van der Waals surface area (Å²) in [6.45, 7) is 0.589. The van der Waals surface area contributed by atoms with E-state index in [1.807, 2.05) is 19.0 Å². The molecule has 0 radical (unpaired) electrons. The molecule has 2 aromatic rings. The molecule has 0 saturated heterocycles. The van der Waals surface area contributed by atoms with Crippen LogP contribution in [-0.4, -0.2) is 35.7 Å². The molecule has 2 heterocycles. The Morgan fingerprint density at radius 1 is 1.33 bits per heavy atom. The number of nitriles is 1. The lowest BCUT2D eigenvalue weighted by Crippen LogP contribution is -2.19. The van der Waals surface area contributed by atoms with Crippen molar-refractivity contribution in [3.05, 3.63) is 41.4 Å². The van der Waals surface area contributed by atoms with E-state index in [1.54, 1.807) is 12.1 Å². The van der Waals surface area contributed by atoms with Gasteiger partial charge in [-0.3, -0.25) is 0 Å². The van der Waals surface area contributed by atoms with Gasteiger partial charge in [0.15, 0.2) is 11.9 Å². The maximum atomic E-state index is 12.8. The second-order valence-electron chi connectivity index (χ2n) is 5.27. The van der Waals surface area contributed by atoms with Gasteiger partial charge in [0.1, 0.15) is 17.3 Å². The van der Waals surface area contributed by atoms with Crippen molar-refractivity contribution < 1.29 is 22.4 Å². The molecule has 6 nitrogen and oxygen atoms in total. The maximum absolute atomic E-state index is 12.8. The number of hydrogen-bond acceptors (Lipinski definition) is 6. The van der Waals surface area contributed by atoms with Crippen LogP contribution < -0.4 is 4.74 Å². The molecule has 0 aliphatic heterocycles. The first-order valence-corrected chi connectivity index (χ1v) is 7.01. The minimum Gasteiger partial charge on any atom is -0.465 e. The monoisotopic (exact) mass is 340 g/mol. The van der Waals surface area contributed by atoms with Gasteiger partial charge in [-0.15, -0.1) is 0 Å². The molecule has 0 bridgehead atoms. The molecule has 1 unspecified atom stereocenters. The van der Waals surface area contributed by atoms with Crippen molar-refractivity contribution in [2.75, 3.05) is 20.6 Å². The number of hydrogen-bond donors (Lipinski definition) is 0. The van der Waals surface area contributed by atoms with E-state index >= 15 is 0 Å². The average Bonchev–Trinajstić information content (AvgIpc) is 3.04. The van der Waals surface area contributed by atoms with Crippen molar-refractivity contribution in [2.45, 2.75) is 18.7 Å². The SMILES string of the molecule is CN(C)CCC(Oc1nc(C(F)(F)F)ccc1C#N)c1ccno1. The molecule has 1 atom stereocenters. The summed E-state index contributed by atoms with van der Waals surface area (Å²) in [7, 11) is 3.70. The van der Waals surface area contributed by atoms with Crippen LogP contribution in [0.2, 0.25) is 0 Å². The van der Waals surface area contributed by atoms with Crippen LogP contribution in [0.3, 0.4) is 0 Å². The summed E-state index contributed by atoms with van der Waals surface area (Å²) >= 11 is 0. The van der Waals surface area contributed by atoms with Gasteiger partial charge in [0.25, 0.3) is 0 Å². The summed E-state index contributed by atoms with van der Waals surface area (Å²) in [5, 5.41) is 12.7. The van der Waals surface area contributed by atoms with Gasteiger partial charge in [-0.2, -0.15) is 18.4 Å². The van der Waals surface area contributed by atoms with Crippen molar-refractivity contribution in [1.82, 2.24) is 15.0 Å². The number of alkyl halides is 3. The third-order valence-electron chi connectivity index (χ3n) is 3.14. The zero-order valence-electron chi connectivity index (χ0n) is 13.0. The van der Waals surface area contributed by atoms with E-state index < -0.39 is 18.0 Å². The molecule has 0 saturated carbocycles. The Balaban J connectivity index is 2.32. The van der Waals surface area contributed by atoms with Gasteiger partial charge in [0.05, 0.1) is 6.20 Å². The molecule has 0 N–H and O–H groups in total. The Bertz CT molecular complexity index is 708. The Labute approximate surface area is 136 Å². The zero-order valence-corrected chi connectivity index (χ0v) is 13.0. The van der Waals surface area contributed by atoms with Gasteiger partial charge in [-0.25, -0.2) is 4.98 Å². The first kappa shape index (κ1) is 17.7. The molecule has 2 rings (SSSR count). The van der Waals surface area contributed by atoms with Crippen LogP contribution in [0.25, 0.3) is 0 Å². The fourth-order valence-electron chi connectivity index (χ4n) is 1.93. The van der Waals surface area contributed by atoms with E-state index in [-0.39, 0.29) is 11.4 Å². The topological polar surface area (TPSA) is 75.2 Å². The predicted octanol–water partition coefficient (Wildman–Crippen LogP) is 3.03. The molecule has 2 aromatic heterocycles. The number of aromatic nitrogens is 2. The van der Waals surface area contributed by atoms with E-state index in [9.17, 15) is 13.2 Å². The number of ether oxygens (including phenoxy) is 1. The van der Waals surface area contributed by atoms with Gasteiger partial charge < -0.3 is 14.2 Å². The molecule has 0 fully saturated rings. The Hall–Kier alpha value is -2.60. The number of rotatable bonds is 6. The highest BCUT2D eigenvalue weighted by atomic mass is 19.4. The third-order valence-corrected chi connectivity index (χ3v) is 3.14. The number of nitrogens with zero attached hydrogens (tertiary/aromatic N) is 4. The standard InChI is InChI=1S/C15H15F3N4O2/c1-22(2)8-6-11(12-5-7-20-24-12)23-14-10(9-19)3-4-13(21-14)15(16,17)18/h3-5,7,11H,6,8H2,1-2H3. The minimum atomic E-state index is -4.63. The van der Waals surface area contributed by atoms with Crippen molar-refractivity contribution >= 4 is 0 Å². The first-order chi connectivity index (χ1) is 11.3. The summed E-state index contributed by atoms with van der Waals surface area (Å²) in [6.07, 6.45) is -3.51. The van der Waals surface area contributed by atoms with Crippen LogP contribution in [0.1, 0.15) is 29.5 Å². The molecule has 128 valence electrons. The molecule has 0 amide bonds. The Kier molecular flexibility index (Phi) is 5.41. The van der Waals surface area contributed by atoms with Gasteiger partial charge in [-0.1, -0.05) is 5.16 Å². The number of halogens is 3. The lowest BCUT2D eigenvalue weighted by atomic mass is 10.2. The molecule has 0 spiro atoms. The van der Waals surface area contributed by atoms with Gasteiger partial charge in [0.2, 0.25) is 5.88 Å². The second kappa shape index (κ2) is 7.31. The van der Waals surface area contributed by atoms with Crippen LogP contribution in [0.4, 0.5) is 13.2 Å². The van der Waals surface area contributed by atoms with E-state index in [2.05, 4.69) is 10.1 Å². The number of pyridine rings is 1. The predicted molar refractivity (Wildman–Crippen MR) is 77.0 cm³/mol. The normalized spacial score (nSPS) is 12.9. The zero-order chi connectivity index (χ0) is 17.7. The second-order valence-corrected chi connectivity index (χ2v) is 5.27. The maximum Gasteiger partial charge on any atom is 0.433 e. The smallest absolute Gasteiger partial charge is 0.433 e. The van der Waals surface area contributed by atoms with Crippen LogP contribution in [0, 0.1) is 11.3 Å². The molecule has 0 aliphatic rings. The van der Waals surface area contributed by atoms with Crippen molar-refractivity contribution in [3.63, 3.8) is 0 Å². The summed E-state index contributed by atoms with van der Waals surface area (Å²) in [4.78, 5) is 5.33.